The molecule has 92 valence electrons. The summed E-state index contributed by atoms with van der Waals surface area (Å²) in [5, 5.41) is 1.16. The Labute approximate surface area is 115 Å². The van der Waals surface area contributed by atoms with E-state index in [4.69, 9.17) is 27.9 Å². The van der Waals surface area contributed by atoms with Gasteiger partial charge in [-0.2, -0.15) is 0 Å². The molecule has 0 unspecified atom stereocenters. The van der Waals surface area contributed by atoms with Gasteiger partial charge < -0.3 is 4.74 Å². The second-order valence-corrected chi connectivity index (χ2v) is 4.68. The zero-order chi connectivity index (χ0) is 13.1. The largest absolute Gasteiger partial charge is 0.456 e. The minimum Gasteiger partial charge on any atom is -0.456 e. The molecule has 0 heterocycles. The summed E-state index contributed by atoms with van der Waals surface area (Å²) in [5.74, 6) is 1.08. The van der Waals surface area contributed by atoms with Crippen LogP contribution in [0.3, 0.4) is 0 Å². The number of aldehydes is 1. The van der Waals surface area contributed by atoms with Gasteiger partial charge in [0.05, 0.1) is 5.56 Å². The lowest BCUT2D eigenvalue weighted by molar-refractivity contribution is 0.112. The van der Waals surface area contributed by atoms with Crippen molar-refractivity contribution < 1.29 is 9.53 Å². The van der Waals surface area contributed by atoms with Crippen molar-refractivity contribution in [1.82, 2.24) is 0 Å². The number of hydrogen-bond acceptors (Lipinski definition) is 2. The van der Waals surface area contributed by atoms with Crippen LogP contribution in [0.25, 0.3) is 0 Å². The first-order chi connectivity index (χ1) is 8.60. The van der Waals surface area contributed by atoms with E-state index in [-0.39, 0.29) is 0 Å². The van der Waals surface area contributed by atoms with Crippen LogP contribution in [0.1, 0.15) is 15.9 Å². The Morgan fingerprint density at radius 2 is 1.67 bits per heavy atom. The van der Waals surface area contributed by atoms with Crippen LogP contribution in [0.15, 0.2) is 36.4 Å². The summed E-state index contributed by atoms with van der Waals surface area (Å²) in [7, 11) is 0. The first-order valence-corrected chi connectivity index (χ1v) is 6.04. The van der Waals surface area contributed by atoms with E-state index in [0.29, 0.717) is 27.1 Å². The summed E-state index contributed by atoms with van der Waals surface area (Å²) in [4.78, 5) is 10.9. The Bertz CT molecular complexity index is 594. The third-order valence-corrected chi connectivity index (χ3v) is 2.93. The molecule has 0 aliphatic rings. The normalized spacial score (nSPS) is 10.2. The fraction of sp³-hybridized carbons (Fsp3) is 0.0714. The van der Waals surface area contributed by atoms with Crippen LogP contribution in [0.2, 0.25) is 10.0 Å². The molecular formula is C14H10Cl2O2. The summed E-state index contributed by atoms with van der Waals surface area (Å²) in [6, 6.07) is 10.2. The fourth-order valence-electron chi connectivity index (χ4n) is 1.54. The second-order valence-electron chi connectivity index (χ2n) is 3.81. The van der Waals surface area contributed by atoms with Gasteiger partial charge in [-0.1, -0.05) is 23.2 Å². The molecule has 0 bridgehead atoms. The Balaban J connectivity index is 2.39. The summed E-state index contributed by atoms with van der Waals surface area (Å²) in [5.41, 5.74) is 1.34. The van der Waals surface area contributed by atoms with Gasteiger partial charge in [-0.15, -0.1) is 0 Å². The average molecular weight is 281 g/mol. The summed E-state index contributed by atoms with van der Waals surface area (Å²) >= 11 is 11.8. The highest BCUT2D eigenvalue weighted by Crippen LogP contribution is 2.30. The number of carbonyl (C=O) groups is 1. The first kappa shape index (κ1) is 12.9. The molecule has 2 aromatic carbocycles. The molecule has 0 spiro atoms. The van der Waals surface area contributed by atoms with E-state index < -0.39 is 0 Å². The van der Waals surface area contributed by atoms with Crippen molar-refractivity contribution in [2.24, 2.45) is 0 Å². The molecule has 0 aliphatic carbocycles. The van der Waals surface area contributed by atoms with Crippen molar-refractivity contribution in [3.63, 3.8) is 0 Å². The molecule has 4 heteroatoms. The maximum Gasteiger partial charge on any atom is 0.153 e. The van der Waals surface area contributed by atoms with E-state index in [2.05, 4.69) is 0 Å². The Morgan fingerprint density at radius 1 is 1.00 bits per heavy atom. The smallest absolute Gasteiger partial charge is 0.153 e. The molecule has 0 radical (unpaired) electrons. The molecule has 0 atom stereocenters. The Kier molecular flexibility index (Phi) is 3.90. The Morgan fingerprint density at radius 3 is 2.33 bits per heavy atom. The number of halogens is 2. The third kappa shape index (κ3) is 2.84. The fourth-order valence-corrected chi connectivity index (χ4v) is 1.93. The molecule has 0 aliphatic heterocycles. The van der Waals surface area contributed by atoms with E-state index in [1.54, 1.807) is 36.4 Å². The maximum atomic E-state index is 10.9. The zero-order valence-electron chi connectivity index (χ0n) is 9.61. The molecule has 0 N–H and O–H groups in total. The van der Waals surface area contributed by atoms with Crippen molar-refractivity contribution >= 4 is 29.5 Å². The van der Waals surface area contributed by atoms with E-state index in [0.717, 1.165) is 11.8 Å². The molecule has 0 saturated heterocycles. The lowest BCUT2D eigenvalue weighted by Crippen LogP contribution is -1.92. The van der Waals surface area contributed by atoms with Crippen LogP contribution in [0.5, 0.6) is 11.5 Å². The lowest BCUT2D eigenvalue weighted by Gasteiger charge is -2.11. The van der Waals surface area contributed by atoms with Gasteiger partial charge in [0, 0.05) is 16.1 Å². The predicted molar refractivity (Wildman–Crippen MR) is 73.1 cm³/mol. The SMILES string of the molecule is Cc1cc(Cl)ccc1Oc1cc(Cl)ccc1C=O. The molecule has 2 aromatic rings. The van der Waals surface area contributed by atoms with E-state index in [9.17, 15) is 4.79 Å². The summed E-state index contributed by atoms with van der Waals surface area (Å²) < 4.78 is 5.69. The molecule has 0 saturated carbocycles. The number of aryl methyl sites for hydroxylation is 1. The van der Waals surface area contributed by atoms with Crippen molar-refractivity contribution in [1.29, 1.82) is 0 Å². The third-order valence-electron chi connectivity index (χ3n) is 2.46. The number of carbonyl (C=O) groups excluding carboxylic acids is 1. The summed E-state index contributed by atoms with van der Waals surface area (Å²) in [6.45, 7) is 1.88. The monoisotopic (exact) mass is 280 g/mol. The molecule has 18 heavy (non-hydrogen) atoms. The second kappa shape index (κ2) is 5.42. The van der Waals surface area contributed by atoms with Gasteiger partial charge in [0.1, 0.15) is 11.5 Å². The molecule has 0 fully saturated rings. The quantitative estimate of drug-likeness (QED) is 0.747. The highest BCUT2D eigenvalue weighted by atomic mass is 35.5. The van der Waals surface area contributed by atoms with Crippen molar-refractivity contribution in [3.8, 4) is 11.5 Å². The number of hydrogen-bond donors (Lipinski definition) is 0. The van der Waals surface area contributed by atoms with Crippen LogP contribution in [0, 0.1) is 6.92 Å². The van der Waals surface area contributed by atoms with Gasteiger partial charge in [0.2, 0.25) is 0 Å². The van der Waals surface area contributed by atoms with Crippen LogP contribution in [-0.2, 0) is 0 Å². The van der Waals surface area contributed by atoms with Gasteiger partial charge in [0.15, 0.2) is 6.29 Å². The lowest BCUT2D eigenvalue weighted by atomic mass is 10.2. The maximum absolute atomic E-state index is 10.9. The van der Waals surface area contributed by atoms with Crippen LogP contribution in [-0.4, -0.2) is 6.29 Å². The minimum atomic E-state index is 0.433. The van der Waals surface area contributed by atoms with Crippen molar-refractivity contribution in [3.05, 3.63) is 57.6 Å². The van der Waals surface area contributed by atoms with E-state index in [1.807, 2.05) is 6.92 Å². The van der Waals surface area contributed by atoms with Gasteiger partial charge in [0.25, 0.3) is 0 Å². The average Bonchev–Trinajstić information content (AvgIpc) is 2.33. The zero-order valence-corrected chi connectivity index (χ0v) is 11.1. The number of benzene rings is 2. The molecule has 0 amide bonds. The molecular weight excluding hydrogens is 271 g/mol. The van der Waals surface area contributed by atoms with Gasteiger partial charge in [-0.05, 0) is 42.8 Å². The molecule has 0 aromatic heterocycles. The number of ether oxygens (including phenoxy) is 1. The number of rotatable bonds is 3. The van der Waals surface area contributed by atoms with Crippen LogP contribution >= 0.6 is 23.2 Å². The van der Waals surface area contributed by atoms with Crippen LogP contribution in [0.4, 0.5) is 0 Å². The standard InChI is InChI=1S/C14H10Cl2O2/c1-9-6-11(15)4-5-13(9)18-14-7-12(16)3-2-10(14)8-17/h2-8H,1H3. The van der Waals surface area contributed by atoms with E-state index >= 15 is 0 Å². The van der Waals surface area contributed by atoms with Crippen molar-refractivity contribution in [2.75, 3.05) is 0 Å². The Hall–Kier alpha value is -1.51. The van der Waals surface area contributed by atoms with Crippen LogP contribution < -0.4 is 4.74 Å². The predicted octanol–water partition coefficient (Wildman–Crippen LogP) is 4.91. The molecule has 2 nitrogen and oxygen atoms in total. The van der Waals surface area contributed by atoms with Gasteiger partial charge >= 0.3 is 0 Å². The minimum absolute atomic E-state index is 0.433. The first-order valence-electron chi connectivity index (χ1n) is 5.29. The topological polar surface area (TPSA) is 26.3 Å². The van der Waals surface area contributed by atoms with Gasteiger partial charge in [-0.25, -0.2) is 0 Å². The highest BCUT2D eigenvalue weighted by molar-refractivity contribution is 6.31. The van der Waals surface area contributed by atoms with Gasteiger partial charge in [-0.3, -0.25) is 4.79 Å². The molecule has 2 rings (SSSR count). The van der Waals surface area contributed by atoms with Crippen molar-refractivity contribution in [2.45, 2.75) is 6.92 Å². The summed E-state index contributed by atoms with van der Waals surface area (Å²) in [6.07, 6.45) is 0.733. The highest BCUT2D eigenvalue weighted by Gasteiger charge is 2.07. The van der Waals surface area contributed by atoms with E-state index in [1.165, 1.54) is 0 Å².